The van der Waals surface area contributed by atoms with Crippen molar-refractivity contribution in [3.05, 3.63) is 90.7 Å². The summed E-state index contributed by atoms with van der Waals surface area (Å²) in [6.07, 6.45) is 2.93. The van der Waals surface area contributed by atoms with Gasteiger partial charge in [0.15, 0.2) is 0 Å². The molecule has 1 N–H and O–H groups in total. The van der Waals surface area contributed by atoms with Gasteiger partial charge in [0.2, 0.25) is 5.82 Å². The molecule has 0 aliphatic rings. The maximum atomic E-state index is 13.0. The van der Waals surface area contributed by atoms with Crippen molar-refractivity contribution in [3.63, 3.8) is 0 Å². The number of nitrogens with zero attached hydrogens (tertiary/aromatic N) is 3. The van der Waals surface area contributed by atoms with E-state index < -0.39 is 4.92 Å². The summed E-state index contributed by atoms with van der Waals surface area (Å²) < 4.78 is 20.1. The lowest BCUT2D eigenvalue weighted by Gasteiger charge is -2.11. The number of nitrogens with one attached hydrogen (secondary N) is 1. The minimum Gasteiger partial charge on any atom is -0.487 e. The van der Waals surface area contributed by atoms with E-state index in [9.17, 15) is 14.5 Å². The fourth-order valence-electron chi connectivity index (χ4n) is 2.33. The van der Waals surface area contributed by atoms with Gasteiger partial charge in [-0.2, -0.15) is 5.10 Å². The largest absolute Gasteiger partial charge is 0.487 e. The Hall–Kier alpha value is -2.85. The van der Waals surface area contributed by atoms with E-state index in [1.807, 2.05) is 0 Å². The van der Waals surface area contributed by atoms with E-state index in [0.29, 0.717) is 20.3 Å². The number of nitro groups is 1. The third kappa shape index (κ3) is 5.58. The number of anilines is 1. The number of rotatable bonds is 7. The van der Waals surface area contributed by atoms with Crippen LogP contribution in [0.1, 0.15) is 11.1 Å². The quantitative estimate of drug-likeness (QED) is 0.244. The van der Waals surface area contributed by atoms with Gasteiger partial charge in [0, 0.05) is 12.3 Å². The molecule has 1 heterocycles. The Balaban J connectivity index is 1.69. The summed E-state index contributed by atoms with van der Waals surface area (Å²) in [5, 5.41) is 15.0. The van der Waals surface area contributed by atoms with Crippen molar-refractivity contribution in [2.45, 2.75) is 6.61 Å². The number of pyridine rings is 1. The molecular weight excluding hydrogens is 511 g/mol. The second-order valence-corrected chi connectivity index (χ2v) is 7.44. The number of hydrogen-bond acceptors (Lipinski definition) is 6. The summed E-state index contributed by atoms with van der Waals surface area (Å²) in [6, 6.07) is 12.4. The molecule has 0 spiro atoms. The maximum Gasteiger partial charge on any atom is 0.313 e. The number of aromatic nitrogens is 1. The molecular formula is C19H13Br2FN4O3. The van der Waals surface area contributed by atoms with Gasteiger partial charge in [-0.15, -0.1) is 0 Å². The zero-order chi connectivity index (χ0) is 20.8. The van der Waals surface area contributed by atoms with Gasteiger partial charge < -0.3 is 4.74 Å². The fraction of sp³-hybridized carbons (Fsp3) is 0.0526. The van der Waals surface area contributed by atoms with Crippen molar-refractivity contribution < 1.29 is 14.1 Å². The lowest BCUT2D eigenvalue weighted by atomic mass is 10.2. The van der Waals surface area contributed by atoms with Crippen molar-refractivity contribution in [2.24, 2.45) is 5.10 Å². The summed E-state index contributed by atoms with van der Waals surface area (Å²) in [5.74, 6) is 0.329. The zero-order valence-corrected chi connectivity index (χ0v) is 17.9. The van der Waals surface area contributed by atoms with Gasteiger partial charge in [-0.1, -0.05) is 12.1 Å². The minimum atomic E-state index is -0.536. The molecule has 10 heteroatoms. The molecule has 2 aromatic carbocycles. The van der Waals surface area contributed by atoms with Crippen LogP contribution in [-0.4, -0.2) is 16.1 Å². The lowest BCUT2D eigenvalue weighted by molar-refractivity contribution is -0.384. The SMILES string of the molecule is O=[N+]([O-])c1cccnc1N/N=C\c1cc(Br)c(OCc2ccc(F)cc2)c(Br)c1. The van der Waals surface area contributed by atoms with E-state index in [-0.39, 0.29) is 23.9 Å². The van der Waals surface area contributed by atoms with Crippen LogP contribution in [-0.2, 0) is 6.61 Å². The molecule has 7 nitrogen and oxygen atoms in total. The molecule has 0 bridgehead atoms. The number of hydrogen-bond donors (Lipinski definition) is 1. The van der Waals surface area contributed by atoms with Crippen LogP contribution in [0, 0.1) is 15.9 Å². The summed E-state index contributed by atoms with van der Waals surface area (Å²) >= 11 is 6.90. The smallest absolute Gasteiger partial charge is 0.313 e. The number of halogens is 3. The molecule has 0 fully saturated rings. The van der Waals surface area contributed by atoms with Gasteiger partial charge >= 0.3 is 5.69 Å². The number of benzene rings is 2. The van der Waals surface area contributed by atoms with Crippen LogP contribution < -0.4 is 10.2 Å². The summed E-state index contributed by atoms with van der Waals surface area (Å²) in [4.78, 5) is 14.4. The van der Waals surface area contributed by atoms with Crippen molar-refractivity contribution >= 4 is 49.6 Å². The van der Waals surface area contributed by atoms with Crippen LogP contribution >= 0.6 is 31.9 Å². The molecule has 0 saturated carbocycles. The molecule has 0 radical (unpaired) electrons. The van der Waals surface area contributed by atoms with Crippen LogP contribution in [0.3, 0.4) is 0 Å². The Bertz CT molecular complexity index is 1040. The topological polar surface area (TPSA) is 89.7 Å². The average Bonchev–Trinajstić information content (AvgIpc) is 2.69. The Labute approximate surface area is 182 Å². The van der Waals surface area contributed by atoms with Crippen molar-refractivity contribution in [2.75, 3.05) is 5.43 Å². The number of ether oxygens (including phenoxy) is 1. The Kier molecular flexibility index (Phi) is 6.89. The Morgan fingerprint density at radius 1 is 1.21 bits per heavy atom. The minimum absolute atomic E-state index is 0.0473. The average molecular weight is 524 g/mol. The second-order valence-electron chi connectivity index (χ2n) is 5.73. The van der Waals surface area contributed by atoms with E-state index in [0.717, 1.165) is 5.56 Å². The van der Waals surface area contributed by atoms with Gasteiger partial charge in [0.25, 0.3) is 0 Å². The Morgan fingerprint density at radius 2 is 1.90 bits per heavy atom. The normalized spacial score (nSPS) is 10.9. The molecule has 3 aromatic rings. The van der Waals surface area contributed by atoms with Crippen LogP contribution in [0.2, 0.25) is 0 Å². The highest BCUT2D eigenvalue weighted by Crippen LogP contribution is 2.35. The van der Waals surface area contributed by atoms with E-state index in [1.54, 1.807) is 24.3 Å². The van der Waals surface area contributed by atoms with E-state index >= 15 is 0 Å². The van der Waals surface area contributed by atoms with Crippen LogP contribution in [0.4, 0.5) is 15.9 Å². The standard InChI is InChI=1S/C19H13Br2FN4O3/c20-15-8-13(10-24-25-19-17(26(27)28)2-1-7-23-19)9-16(21)18(15)29-11-12-3-5-14(22)6-4-12/h1-10H,11H2,(H,23,25)/b24-10-. The van der Waals surface area contributed by atoms with E-state index in [2.05, 4.69) is 47.4 Å². The van der Waals surface area contributed by atoms with E-state index in [1.165, 1.54) is 36.7 Å². The summed E-state index contributed by atoms with van der Waals surface area (Å²) in [5.41, 5.74) is 3.94. The molecule has 29 heavy (non-hydrogen) atoms. The van der Waals surface area contributed by atoms with Crippen molar-refractivity contribution in [1.29, 1.82) is 0 Å². The molecule has 3 rings (SSSR count). The van der Waals surface area contributed by atoms with Gasteiger partial charge in [-0.3, -0.25) is 15.5 Å². The predicted molar refractivity (Wildman–Crippen MR) is 115 cm³/mol. The third-order valence-electron chi connectivity index (χ3n) is 3.68. The molecule has 0 unspecified atom stereocenters. The lowest BCUT2D eigenvalue weighted by Crippen LogP contribution is -2.00. The highest BCUT2D eigenvalue weighted by Gasteiger charge is 2.13. The second kappa shape index (κ2) is 9.57. The summed E-state index contributed by atoms with van der Waals surface area (Å²) in [7, 11) is 0. The molecule has 0 saturated heterocycles. The van der Waals surface area contributed by atoms with E-state index in [4.69, 9.17) is 4.74 Å². The van der Waals surface area contributed by atoms with Crippen molar-refractivity contribution in [1.82, 2.24) is 4.98 Å². The monoisotopic (exact) mass is 522 g/mol. The van der Waals surface area contributed by atoms with Crippen LogP contribution in [0.5, 0.6) is 5.75 Å². The molecule has 0 atom stereocenters. The van der Waals surface area contributed by atoms with Crippen LogP contribution in [0.25, 0.3) is 0 Å². The first-order chi connectivity index (χ1) is 13.9. The molecule has 0 aliphatic heterocycles. The number of hydrazone groups is 1. The van der Waals surface area contributed by atoms with Gasteiger partial charge in [0.1, 0.15) is 18.2 Å². The molecule has 1 aromatic heterocycles. The molecule has 0 aliphatic carbocycles. The predicted octanol–water partition coefficient (Wildman–Crippen LogP) is 5.68. The third-order valence-corrected chi connectivity index (χ3v) is 4.86. The first-order valence-electron chi connectivity index (χ1n) is 8.19. The van der Waals surface area contributed by atoms with Crippen LogP contribution in [0.15, 0.2) is 68.8 Å². The van der Waals surface area contributed by atoms with Gasteiger partial charge in [-0.25, -0.2) is 9.37 Å². The van der Waals surface area contributed by atoms with Crippen molar-refractivity contribution in [3.8, 4) is 5.75 Å². The highest BCUT2D eigenvalue weighted by molar-refractivity contribution is 9.11. The zero-order valence-electron chi connectivity index (χ0n) is 14.7. The first kappa shape index (κ1) is 20.9. The van der Waals surface area contributed by atoms with Gasteiger partial charge in [-0.05, 0) is 73.3 Å². The maximum absolute atomic E-state index is 13.0. The fourth-order valence-corrected chi connectivity index (χ4v) is 3.78. The molecule has 148 valence electrons. The summed E-state index contributed by atoms with van der Waals surface area (Å²) in [6.45, 7) is 0.274. The highest BCUT2D eigenvalue weighted by atomic mass is 79.9. The first-order valence-corrected chi connectivity index (χ1v) is 9.77. The van der Waals surface area contributed by atoms with Gasteiger partial charge in [0.05, 0.1) is 20.1 Å². The Morgan fingerprint density at radius 3 is 2.55 bits per heavy atom. The molecule has 0 amide bonds.